The van der Waals surface area contributed by atoms with Crippen molar-refractivity contribution in [1.29, 1.82) is 0 Å². The second-order valence-corrected chi connectivity index (χ2v) is 7.04. The van der Waals surface area contributed by atoms with Crippen LogP contribution in [0.1, 0.15) is 42.4 Å². The van der Waals surface area contributed by atoms with Crippen molar-refractivity contribution < 1.29 is 4.79 Å². The van der Waals surface area contributed by atoms with Crippen molar-refractivity contribution in [2.45, 2.75) is 46.3 Å². The molecule has 3 aromatic rings. The molecule has 5 nitrogen and oxygen atoms in total. The fraction of sp³-hybridized carbons (Fsp3) is 0.350. The van der Waals surface area contributed by atoms with E-state index in [1.165, 1.54) is 5.56 Å². The van der Waals surface area contributed by atoms with Crippen molar-refractivity contribution in [3.8, 4) is 0 Å². The quantitative estimate of drug-likeness (QED) is 0.737. The van der Waals surface area contributed by atoms with Gasteiger partial charge in [-0.05, 0) is 36.2 Å². The van der Waals surface area contributed by atoms with Crippen LogP contribution >= 0.6 is 0 Å². The Kier molecular flexibility index (Phi) is 3.79. The van der Waals surface area contributed by atoms with Gasteiger partial charge in [0.1, 0.15) is 12.4 Å². The summed E-state index contributed by atoms with van der Waals surface area (Å²) in [6, 6.07) is 10.1. The maximum absolute atomic E-state index is 12.9. The molecular formula is C20H22N4O. The van der Waals surface area contributed by atoms with Crippen molar-refractivity contribution in [1.82, 2.24) is 19.4 Å². The van der Waals surface area contributed by atoms with Crippen molar-refractivity contribution in [2.24, 2.45) is 0 Å². The number of carbonyl (C=O) groups is 1. The third-order valence-corrected chi connectivity index (χ3v) is 4.79. The molecule has 0 radical (unpaired) electrons. The first kappa shape index (κ1) is 15.8. The van der Waals surface area contributed by atoms with E-state index >= 15 is 0 Å². The number of pyridine rings is 1. The van der Waals surface area contributed by atoms with Gasteiger partial charge < -0.3 is 9.47 Å². The molecule has 2 aromatic heterocycles. The number of amides is 1. The van der Waals surface area contributed by atoms with Gasteiger partial charge in [-0.15, -0.1) is 0 Å². The number of fused-ring (bicyclic) bond motifs is 2. The van der Waals surface area contributed by atoms with E-state index in [-0.39, 0.29) is 11.8 Å². The summed E-state index contributed by atoms with van der Waals surface area (Å²) in [6.45, 7) is 7.85. The van der Waals surface area contributed by atoms with E-state index in [2.05, 4.69) is 29.5 Å². The molecule has 0 aliphatic carbocycles. The number of benzene rings is 1. The summed E-state index contributed by atoms with van der Waals surface area (Å²) in [4.78, 5) is 23.9. The molecule has 0 unspecified atom stereocenters. The average Bonchev–Trinajstić information content (AvgIpc) is 3.16. The maximum atomic E-state index is 12.9. The number of hydrogen-bond acceptors (Lipinski definition) is 3. The van der Waals surface area contributed by atoms with E-state index in [0.29, 0.717) is 19.6 Å². The van der Waals surface area contributed by atoms with Gasteiger partial charge in [0.05, 0.1) is 11.0 Å². The number of aryl methyl sites for hydroxylation is 1. The van der Waals surface area contributed by atoms with Gasteiger partial charge in [-0.1, -0.05) is 26.0 Å². The summed E-state index contributed by atoms with van der Waals surface area (Å²) >= 11 is 0. The molecule has 1 amide bonds. The zero-order valence-corrected chi connectivity index (χ0v) is 14.9. The highest BCUT2D eigenvalue weighted by Crippen LogP contribution is 2.25. The minimum atomic E-state index is 0.124. The predicted molar refractivity (Wildman–Crippen MR) is 97.1 cm³/mol. The maximum Gasteiger partial charge on any atom is 0.243 e. The summed E-state index contributed by atoms with van der Waals surface area (Å²) in [7, 11) is 0. The monoisotopic (exact) mass is 334 g/mol. The Bertz CT molecular complexity index is 957. The van der Waals surface area contributed by atoms with E-state index in [4.69, 9.17) is 4.98 Å². The lowest BCUT2D eigenvalue weighted by molar-refractivity contribution is -0.132. The van der Waals surface area contributed by atoms with E-state index in [0.717, 1.165) is 28.1 Å². The van der Waals surface area contributed by atoms with Crippen molar-refractivity contribution in [2.75, 3.05) is 0 Å². The molecule has 1 aromatic carbocycles. The molecule has 0 N–H and O–H groups in total. The Balaban J connectivity index is 1.62. The lowest BCUT2D eigenvalue weighted by Gasteiger charge is -2.18. The highest BCUT2D eigenvalue weighted by atomic mass is 16.2. The van der Waals surface area contributed by atoms with E-state index in [9.17, 15) is 4.79 Å². The fourth-order valence-electron chi connectivity index (χ4n) is 3.51. The highest BCUT2D eigenvalue weighted by molar-refractivity contribution is 5.81. The van der Waals surface area contributed by atoms with Crippen molar-refractivity contribution in [3.63, 3.8) is 0 Å². The lowest BCUT2D eigenvalue weighted by Crippen LogP contribution is -2.29. The molecule has 3 heterocycles. The molecule has 1 aliphatic heterocycles. The third-order valence-electron chi connectivity index (χ3n) is 4.79. The molecule has 4 rings (SSSR count). The van der Waals surface area contributed by atoms with Crippen LogP contribution < -0.4 is 0 Å². The van der Waals surface area contributed by atoms with Crippen LogP contribution in [0.15, 0.2) is 36.5 Å². The number of para-hydroxylation sites is 2. The fourth-order valence-corrected chi connectivity index (χ4v) is 3.51. The molecule has 0 saturated carbocycles. The minimum Gasteiger partial charge on any atom is -0.332 e. The standard InChI is InChI=1S/C20H22N4O/c1-13(2)20-22-17-6-4-5-7-18(17)24(20)12-19(25)23-10-15-8-14(3)21-9-16(15)11-23/h4-9,13H,10-12H2,1-3H3. The first-order valence-electron chi connectivity index (χ1n) is 8.70. The zero-order valence-electron chi connectivity index (χ0n) is 14.9. The Hall–Kier alpha value is -2.69. The zero-order chi connectivity index (χ0) is 17.6. The number of imidazole rings is 1. The Morgan fingerprint density at radius 1 is 1.20 bits per heavy atom. The summed E-state index contributed by atoms with van der Waals surface area (Å²) in [5.41, 5.74) is 5.33. The Morgan fingerprint density at radius 3 is 2.76 bits per heavy atom. The summed E-state index contributed by atoms with van der Waals surface area (Å²) in [5.74, 6) is 1.35. The molecule has 0 saturated heterocycles. The first-order chi connectivity index (χ1) is 12.0. The van der Waals surface area contributed by atoms with Gasteiger partial charge >= 0.3 is 0 Å². The SMILES string of the molecule is Cc1cc2c(cn1)CN(C(=O)Cn1c(C(C)C)nc3ccccc31)C2. The molecule has 5 heteroatoms. The van der Waals surface area contributed by atoms with Crippen LogP contribution in [0.25, 0.3) is 11.0 Å². The molecule has 0 fully saturated rings. The van der Waals surface area contributed by atoms with Gasteiger partial charge in [-0.3, -0.25) is 9.78 Å². The van der Waals surface area contributed by atoms with Crippen LogP contribution in [0.3, 0.4) is 0 Å². The molecule has 25 heavy (non-hydrogen) atoms. The minimum absolute atomic E-state index is 0.124. The molecule has 0 bridgehead atoms. The molecular weight excluding hydrogens is 312 g/mol. The van der Waals surface area contributed by atoms with Gasteiger partial charge in [-0.25, -0.2) is 4.98 Å². The van der Waals surface area contributed by atoms with E-state index in [1.54, 1.807) is 0 Å². The average molecular weight is 334 g/mol. The smallest absolute Gasteiger partial charge is 0.243 e. The first-order valence-corrected chi connectivity index (χ1v) is 8.70. The largest absolute Gasteiger partial charge is 0.332 e. The molecule has 128 valence electrons. The van der Waals surface area contributed by atoms with Crippen molar-refractivity contribution in [3.05, 3.63) is 59.2 Å². The molecule has 0 atom stereocenters. The summed E-state index contributed by atoms with van der Waals surface area (Å²) in [5, 5.41) is 0. The number of hydrogen-bond donors (Lipinski definition) is 0. The highest BCUT2D eigenvalue weighted by Gasteiger charge is 2.25. The van der Waals surface area contributed by atoms with E-state index in [1.807, 2.05) is 42.3 Å². The van der Waals surface area contributed by atoms with Crippen LogP contribution in [-0.2, 0) is 24.4 Å². The van der Waals surface area contributed by atoms with Crippen molar-refractivity contribution >= 4 is 16.9 Å². The third kappa shape index (κ3) is 2.80. The van der Waals surface area contributed by atoms with Crippen LogP contribution in [0, 0.1) is 6.92 Å². The number of nitrogens with zero attached hydrogens (tertiary/aromatic N) is 4. The summed E-state index contributed by atoms with van der Waals surface area (Å²) < 4.78 is 2.06. The van der Waals surface area contributed by atoms with Crippen LogP contribution in [0.2, 0.25) is 0 Å². The number of aromatic nitrogens is 3. The number of rotatable bonds is 3. The van der Waals surface area contributed by atoms with Gasteiger partial charge in [0.15, 0.2) is 0 Å². The van der Waals surface area contributed by atoms with Gasteiger partial charge in [0.25, 0.3) is 0 Å². The lowest BCUT2D eigenvalue weighted by atomic mass is 10.2. The predicted octanol–water partition coefficient (Wildman–Crippen LogP) is 3.41. The van der Waals surface area contributed by atoms with E-state index < -0.39 is 0 Å². The van der Waals surface area contributed by atoms with Gasteiger partial charge in [0, 0.05) is 30.9 Å². The van der Waals surface area contributed by atoms with Crippen LogP contribution in [0.4, 0.5) is 0 Å². The summed E-state index contributed by atoms with van der Waals surface area (Å²) in [6.07, 6.45) is 1.89. The van der Waals surface area contributed by atoms with Crippen LogP contribution in [0.5, 0.6) is 0 Å². The molecule has 1 aliphatic rings. The normalized spacial score (nSPS) is 13.7. The van der Waals surface area contributed by atoms with Crippen LogP contribution in [-0.4, -0.2) is 25.3 Å². The van der Waals surface area contributed by atoms with Gasteiger partial charge in [-0.2, -0.15) is 0 Å². The topological polar surface area (TPSA) is 51.0 Å². The second kappa shape index (κ2) is 5.99. The Morgan fingerprint density at radius 2 is 1.96 bits per heavy atom. The second-order valence-electron chi connectivity index (χ2n) is 7.04. The number of carbonyl (C=O) groups excluding carboxylic acids is 1. The Labute approximate surface area is 147 Å². The molecule has 0 spiro atoms. The van der Waals surface area contributed by atoms with Gasteiger partial charge in [0.2, 0.25) is 5.91 Å².